The Morgan fingerprint density at radius 1 is 1.13 bits per heavy atom. The molecule has 2 aromatic carbocycles. The van der Waals surface area contributed by atoms with Crippen LogP contribution in [0.4, 0.5) is 5.69 Å². The maximum absolute atomic E-state index is 12.9. The van der Waals surface area contributed by atoms with Crippen molar-refractivity contribution < 1.29 is 24.2 Å². The first kappa shape index (κ1) is 21.7. The number of phenols is 1. The molecule has 1 amide bonds. The van der Waals surface area contributed by atoms with Gasteiger partial charge < -0.3 is 19.9 Å². The fraction of sp³-hybridized carbons (Fsp3) is 0.227. The Bertz CT molecular complexity index is 1180. The summed E-state index contributed by atoms with van der Waals surface area (Å²) in [6.07, 6.45) is -1.22. The molecule has 31 heavy (non-hydrogen) atoms. The predicted octanol–water partition coefficient (Wildman–Crippen LogP) is 2.38. The number of para-hydroxylation sites is 1. The average Bonchev–Trinajstić information content (AvgIpc) is 2.97. The van der Waals surface area contributed by atoms with Crippen molar-refractivity contribution in [3.63, 3.8) is 0 Å². The molecule has 0 saturated heterocycles. The number of methoxy groups -OCH3 is 1. The minimum absolute atomic E-state index is 0.0866. The summed E-state index contributed by atoms with van der Waals surface area (Å²) in [4.78, 5) is 37.9. The maximum atomic E-state index is 12.9. The largest absolute Gasteiger partial charge is 0.507 e. The second-order valence-corrected chi connectivity index (χ2v) is 6.86. The normalized spacial score (nSPS) is 11.6. The van der Waals surface area contributed by atoms with Crippen LogP contribution in [0.25, 0.3) is 5.69 Å². The number of aromatic nitrogens is 2. The van der Waals surface area contributed by atoms with Gasteiger partial charge in [0.25, 0.3) is 11.5 Å². The number of anilines is 1. The molecule has 9 heteroatoms. The number of hydrogen-bond acceptors (Lipinski definition) is 6. The van der Waals surface area contributed by atoms with Crippen molar-refractivity contribution in [3.05, 3.63) is 70.1 Å². The summed E-state index contributed by atoms with van der Waals surface area (Å²) in [6.45, 7) is 3.07. The number of benzene rings is 2. The number of amides is 1. The Labute approximate surface area is 178 Å². The molecular weight excluding hydrogens is 402 g/mol. The van der Waals surface area contributed by atoms with Gasteiger partial charge in [-0.3, -0.25) is 14.3 Å². The lowest BCUT2D eigenvalue weighted by molar-refractivity contribution is -0.123. The molecule has 1 aromatic heterocycles. The monoisotopic (exact) mass is 425 g/mol. The van der Waals surface area contributed by atoms with Gasteiger partial charge in [-0.2, -0.15) is 0 Å². The van der Waals surface area contributed by atoms with Crippen LogP contribution in [0.3, 0.4) is 0 Å². The van der Waals surface area contributed by atoms with Gasteiger partial charge in [0, 0.05) is 7.05 Å². The van der Waals surface area contributed by atoms with Crippen LogP contribution in [0.15, 0.2) is 53.3 Å². The minimum Gasteiger partial charge on any atom is -0.507 e. The van der Waals surface area contributed by atoms with Crippen LogP contribution in [-0.2, 0) is 16.6 Å². The van der Waals surface area contributed by atoms with E-state index in [0.717, 1.165) is 0 Å². The van der Waals surface area contributed by atoms with Crippen molar-refractivity contribution >= 4 is 17.6 Å². The van der Waals surface area contributed by atoms with Crippen molar-refractivity contribution in [1.82, 2.24) is 9.36 Å². The molecule has 1 heterocycles. The van der Waals surface area contributed by atoms with E-state index in [4.69, 9.17) is 9.47 Å². The van der Waals surface area contributed by atoms with Gasteiger partial charge >= 0.3 is 5.97 Å². The summed E-state index contributed by atoms with van der Waals surface area (Å²) < 4.78 is 13.2. The molecule has 9 nitrogen and oxygen atoms in total. The Morgan fingerprint density at radius 3 is 2.45 bits per heavy atom. The molecule has 1 atom stereocenters. The third kappa shape index (κ3) is 4.30. The first-order chi connectivity index (χ1) is 14.7. The number of nitrogens with one attached hydrogen (secondary N) is 1. The Morgan fingerprint density at radius 2 is 1.81 bits per heavy atom. The third-order valence-electron chi connectivity index (χ3n) is 4.88. The van der Waals surface area contributed by atoms with Crippen molar-refractivity contribution in [2.45, 2.75) is 20.0 Å². The SMILES string of the molecule is COc1ccc(O)c(C(=O)OC(C)C(=O)Nc2c(C)n(C)n(-c3ccccc3)c2=O)c1. The molecule has 0 aliphatic heterocycles. The highest BCUT2D eigenvalue weighted by Crippen LogP contribution is 2.24. The summed E-state index contributed by atoms with van der Waals surface area (Å²) in [5.74, 6) is -1.53. The highest BCUT2D eigenvalue weighted by Gasteiger charge is 2.24. The van der Waals surface area contributed by atoms with Gasteiger partial charge in [0.1, 0.15) is 22.7 Å². The van der Waals surface area contributed by atoms with Crippen LogP contribution in [0, 0.1) is 6.92 Å². The molecule has 0 radical (unpaired) electrons. The lowest BCUT2D eigenvalue weighted by Crippen LogP contribution is -2.32. The molecule has 3 aromatic rings. The van der Waals surface area contributed by atoms with E-state index in [1.165, 1.54) is 36.9 Å². The quantitative estimate of drug-likeness (QED) is 0.587. The van der Waals surface area contributed by atoms with Crippen LogP contribution in [-0.4, -0.2) is 39.6 Å². The van der Waals surface area contributed by atoms with E-state index >= 15 is 0 Å². The minimum atomic E-state index is -1.22. The zero-order chi connectivity index (χ0) is 22.7. The van der Waals surface area contributed by atoms with E-state index in [0.29, 0.717) is 17.1 Å². The molecule has 0 saturated carbocycles. The van der Waals surface area contributed by atoms with E-state index in [-0.39, 0.29) is 17.0 Å². The molecule has 2 N–H and O–H groups in total. The van der Waals surface area contributed by atoms with Crippen LogP contribution >= 0.6 is 0 Å². The second kappa shape index (κ2) is 8.78. The van der Waals surface area contributed by atoms with Crippen LogP contribution in [0.5, 0.6) is 11.5 Å². The lowest BCUT2D eigenvalue weighted by atomic mass is 10.2. The van der Waals surface area contributed by atoms with Crippen molar-refractivity contribution in [2.24, 2.45) is 7.05 Å². The zero-order valence-corrected chi connectivity index (χ0v) is 17.6. The molecule has 0 bridgehead atoms. The van der Waals surface area contributed by atoms with Crippen molar-refractivity contribution in [3.8, 4) is 17.2 Å². The molecule has 0 spiro atoms. The zero-order valence-electron chi connectivity index (χ0n) is 17.6. The van der Waals surface area contributed by atoms with E-state index in [1.54, 1.807) is 42.9 Å². The number of aromatic hydroxyl groups is 1. The van der Waals surface area contributed by atoms with E-state index in [2.05, 4.69) is 5.32 Å². The molecule has 0 aliphatic carbocycles. The second-order valence-electron chi connectivity index (χ2n) is 6.86. The van der Waals surface area contributed by atoms with E-state index < -0.39 is 23.5 Å². The van der Waals surface area contributed by atoms with E-state index in [9.17, 15) is 19.5 Å². The van der Waals surface area contributed by atoms with Gasteiger partial charge in [-0.05, 0) is 44.2 Å². The summed E-state index contributed by atoms with van der Waals surface area (Å²) in [7, 11) is 3.12. The molecule has 0 fully saturated rings. The van der Waals surface area contributed by atoms with Gasteiger partial charge in [-0.1, -0.05) is 18.2 Å². The number of carbonyl (C=O) groups is 2. The van der Waals surface area contributed by atoms with Crippen LogP contribution in [0.2, 0.25) is 0 Å². The Hall–Kier alpha value is -4.01. The smallest absolute Gasteiger partial charge is 0.342 e. The predicted molar refractivity (Wildman–Crippen MR) is 114 cm³/mol. The van der Waals surface area contributed by atoms with Gasteiger partial charge in [0.2, 0.25) is 0 Å². The van der Waals surface area contributed by atoms with Gasteiger partial charge in [-0.25, -0.2) is 9.48 Å². The molecular formula is C22H23N3O6. The molecule has 0 aliphatic rings. The van der Waals surface area contributed by atoms with Crippen LogP contribution < -0.4 is 15.6 Å². The number of esters is 1. The topological polar surface area (TPSA) is 112 Å². The average molecular weight is 425 g/mol. The van der Waals surface area contributed by atoms with Crippen molar-refractivity contribution in [2.75, 3.05) is 12.4 Å². The highest BCUT2D eigenvalue weighted by molar-refractivity contribution is 5.98. The number of rotatable bonds is 6. The van der Waals surface area contributed by atoms with Crippen LogP contribution in [0.1, 0.15) is 23.0 Å². The Kier molecular flexibility index (Phi) is 6.15. The maximum Gasteiger partial charge on any atom is 0.342 e. The number of carbonyl (C=O) groups excluding carboxylic acids is 2. The number of phenolic OH excluding ortho intramolecular Hbond substituents is 1. The third-order valence-corrected chi connectivity index (χ3v) is 4.88. The van der Waals surface area contributed by atoms with Gasteiger partial charge in [-0.15, -0.1) is 0 Å². The Balaban J connectivity index is 1.79. The summed E-state index contributed by atoms with van der Waals surface area (Å²) in [5.41, 5.74) is 0.714. The van der Waals surface area contributed by atoms with Gasteiger partial charge in [0.05, 0.1) is 18.5 Å². The molecule has 3 rings (SSSR count). The lowest BCUT2D eigenvalue weighted by Gasteiger charge is -2.14. The summed E-state index contributed by atoms with van der Waals surface area (Å²) >= 11 is 0. The fourth-order valence-corrected chi connectivity index (χ4v) is 3.02. The number of hydrogen-bond donors (Lipinski definition) is 2. The number of nitrogens with zero attached hydrogens (tertiary/aromatic N) is 2. The first-order valence-corrected chi connectivity index (χ1v) is 9.47. The summed E-state index contributed by atoms with van der Waals surface area (Å²) in [6, 6.07) is 13.1. The standard InChI is InChI=1S/C22H23N3O6/c1-13-19(21(28)25(24(13)3)15-8-6-5-7-9-15)23-20(27)14(2)31-22(29)17-12-16(30-4)10-11-18(17)26/h5-12,14,26H,1-4H3,(H,23,27). The fourth-order valence-electron chi connectivity index (χ4n) is 3.02. The highest BCUT2D eigenvalue weighted by atomic mass is 16.5. The van der Waals surface area contributed by atoms with Gasteiger partial charge in [0.15, 0.2) is 6.10 Å². The summed E-state index contributed by atoms with van der Waals surface area (Å²) in [5, 5.41) is 12.4. The molecule has 162 valence electrons. The first-order valence-electron chi connectivity index (χ1n) is 9.47. The van der Waals surface area contributed by atoms with E-state index in [1.807, 2.05) is 6.07 Å². The molecule has 1 unspecified atom stereocenters. The van der Waals surface area contributed by atoms with Crippen molar-refractivity contribution in [1.29, 1.82) is 0 Å². The number of ether oxygens (including phenoxy) is 2.